The van der Waals surface area contributed by atoms with Crippen LogP contribution in [0.15, 0.2) is 53.4 Å². The van der Waals surface area contributed by atoms with Gasteiger partial charge in [0.1, 0.15) is 5.56 Å². The van der Waals surface area contributed by atoms with Gasteiger partial charge in [-0.2, -0.15) is 0 Å². The highest BCUT2D eigenvalue weighted by Crippen LogP contribution is 2.21. The summed E-state index contributed by atoms with van der Waals surface area (Å²) in [6.45, 7) is 2.85. The Balaban J connectivity index is 1.84. The molecule has 2 aromatic carbocycles. The molecule has 2 aromatic rings. The number of amides is 1. The largest absolute Gasteiger partial charge is 0.325 e. The summed E-state index contributed by atoms with van der Waals surface area (Å²) >= 11 is 7.38. The molecule has 0 heterocycles. The third kappa shape index (κ3) is 6.35. The summed E-state index contributed by atoms with van der Waals surface area (Å²) in [6.07, 6.45) is 1.01. The van der Waals surface area contributed by atoms with Crippen LogP contribution in [0.25, 0.3) is 4.85 Å². The molecule has 3 nitrogen and oxygen atoms in total. The van der Waals surface area contributed by atoms with Crippen molar-refractivity contribution >= 4 is 35.0 Å². The van der Waals surface area contributed by atoms with Crippen molar-refractivity contribution in [3.63, 3.8) is 0 Å². The van der Waals surface area contributed by atoms with Crippen molar-refractivity contribution in [3.05, 3.63) is 64.0 Å². The highest BCUT2D eigenvalue weighted by molar-refractivity contribution is 8.00. The first-order valence-corrected chi connectivity index (χ1v) is 8.74. The summed E-state index contributed by atoms with van der Waals surface area (Å²) in [7, 11) is 0. The predicted octanol–water partition coefficient (Wildman–Crippen LogP) is 5.16. The number of halogens is 1. The predicted molar refractivity (Wildman–Crippen MR) is 98.8 cm³/mol. The molecular weight excluding hydrogens is 328 g/mol. The van der Waals surface area contributed by atoms with Gasteiger partial charge < -0.3 is 5.32 Å². The van der Waals surface area contributed by atoms with E-state index in [-0.39, 0.29) is 5.91 Å². The zero-order chi connectivity index (χ0) is 16.5. The number of carbonyl (C=O) groups excluding carboxylic acids is 1. The van der Waals surface area contributed by atoms with Crippen LogP contribution in [0.1, 0.15) is 18.9 Å². The molecule has 5 heteroatoms. The van der Waals surface area contributed by atoms with Gasteiger partial charge in [0.05, 0.1) is 5.75 Å². The van der Waals surface area contributed by atoms with E-state index in [0.29, 0.717) is 10.8 Å². The summed E-state index contributed by atoms with van der Waals surface area (Å²) in [4.78, 5) is 17.1. The summed E-state index contributed by atoms with van der Waals surface area (Å²) < 4.78 is 0. The van der Waals surface area contributed by atoms with Gasteiger partial charge in [-0.15, -0.1) is 11.8 Å². The van der Waals surface area contributed by atoms with Gasteiger partial charge in [0.15, 0.2) is 0 Å². The van der Waals surface area contributed by atoms with Crippen LogP contribution in [0.2, 0.25) is 5.02 Å². The van der Waals surface area contributed by atoms with Crippen molar-refractivity contribution in [3.8, 4) is 6.07 Å². The van der Waals surface area contributed by atoms with E-state index in [1.54, 1.807) is 0 Å². The molecule has 0 saturated heterocycles. The van der Waals surface area contributed by atoms with Crippen LogP contribution in [0.3, 0.4) is 0 Å². The normalized spacial score (nSPS) is 9.83. The van der Waals surface area contributed by atoms with Crippen molar-refractivity contribution in [1.82, 2.24) is 0 Å². The second-order valence-corrected chi connectivity index (χ2v) is 6.35. The quantitative estimate of drug-likeness (QED) is 0.759. The van der Waals surface area contributed by atoms with Crippen LogP contribution in [0, 0.1) is 6.07 Å². The molecule has 1 N–H and O–H groups in total. The van der Waals surface area contributed by atoms with Gasteiger partial charge in [-0.25, -0.2) is 0 Å². The number of anilines is 1. The summed E-state index contributed by atoms with van der Waals surface area (Å²) in [5, 5.41) is 3.54. The Labute approximate surface area is 145 Å². The smallest absolute Gasteiger partial charge is 0.311 e. The molecule has 1 amide bonds. The minimum atomic E-state index is -0.0497. The lowest BCUT2D eigenvalue weighted by Crippen LogP contribution is -2.13. The fourth-order valence-electron chi connectivity index (χ4n) is 1.79. The second-order valence-electron chi connectivity index (χ2n) is 4.87. The second kappa shape index (κ2) is 9.24. The van der Waals surface area contributed by atoms with E-state index in [0.717, 1.165) is 29.1 Å². The van der Waals surface area contributed by atoms with Crippen LogP contribution in [-0.2, 0) is 4.79 Å². The van der Waals surface area contributed by atoms with Gasteiger partial charge in [-0.1, -0.05) is 29.4 Å². The molecule has 0 atom stereocenters. The first-order valence-electron chi connectivity index (χ1n) is 7.38. The zero-order valence-electron chi connectivity index (χ0n) is 12.9. The molecule has 2 rings (SSSR count). The Morgan fingerprint density at radius 1 is 1.26 bits per heavy atom. The minimum Gasteiger partial charge on any atom is -0.325 e. The maximum Gasteiger partial charge on any atom is 0.311 e. The molecular formula is C18H18ClN2OS+. The third-order valence-electron chi connectivity index (χ3n) is 2.88. The molecule has 0 fully saturated rings. The molecule has 0 spiro atoms. The van der Waals surface area contributed by atoms with E-state index in [1.165, 1.54) is 11.8 Å². The molecule has 0 unspecified atom stereocenters. The van der Waals surface area contributed by atoms with E-state index in [4.69, 9.17) is 11.6 Å². The van der Waals surface area contributed by atoms with Crippen LogP contribution >= 0.6 is 23.4 Å². The molecule has 0 aliphatic rings. The number of thioether (sulfide) groups is 1. The van der Waals surface area contributed by atoms with Gasteiger partial charge in [0, 0.05) is 22.0 Å². The van der Waals surface area contributed by atoms with E-state index in [2.05, 4.69) is 23.2 Å². The number of hydrogen-bond donors (Lipinski definition) is 1. The Morgan fingerprint density at radius 3 is 2.74 bits per heavy atom. The lowest BCUT2D eigenvalue weighted by atomic mass is 10.2. The number of hydrogen-bond acceptors (Lipinski definition) is 2. The van der Waals surface area contributed by atoms with Gasteiger partial charge in [-0.3, -0.25) is 4.79 Å². The Kier molecular flexibility index (Phi) is 6.99. The molecule has 0 aliphatic carbocycles. The van der Waals surface area contributed by atoms with E-state index < -0.39 is 0 Å². The summed E-state index contributed by atoms with van der Waals surface area (Å²) in [6, 6.07) is 17.9. The maximum atomic E-state index is 12.0. The van der Waals surface area contributed by atoms with Gasteiger partial charge in [-0.05, 0) is 42.5 Å². The van der Waals surface area contributed by atoms with Gasteiger partial charge in [0.25, 0.3) is 6.54 Å². The third-order valence-corrected chi connectivity index (χ3v) is 4.11. The van der Waals surface area contributed by atoms with E-state index in [1.807, 2.05) is 48.5 Å². The van der Waals surface area contributed by atoms with Crippen molar-refractivity contribution in [1.29, 1.82) is 0 Å². The lowest BCUT2D eigenvalue weighted by molar-refractivity contribution is -0.113. The Morgan fingerprint density at radius 2 is 2.04 bits per heavy atom. The van der Waals surface area contributed by atoms with Crippen molar-refractivity contribution < 1.29 is 4.79 Å². The van der Waals surface area contributed by atoms with Crippen molar-refractivity contribution in [2.75, 3.05) is 17.6 Å². The van der Waals surface area contributed by atoms with Gasteiger partial charge in [0.2, 0.25) is 5.91 Å². The topological polar surface area (TPSA) is 33.5 Å². The van der Waals surface area contributed by atoms with Gasteiger partial charge >= 0.3 is 6.07 Å². The first kappa shape index (κ1) is 17.4. The fraction of sp³-hybridized carbons (Fsp3) is 0.222. The van der Waals surface area contributed by atoms with Crippen LogP contribution in [0.4, 0.5) is 5.69 Å². The highest BCUT2D eigenvalue weighted by Gasteiger charge is 2.05. The zero-order valence-corrected chi connectivity index (χ0v) is 14.5. The number of benzene rings is 2. The van der Waals surface area contributed by atoms with Crippen molar-refractivity contribution in [2.24, 2.45) is 0 Å². The lowest BCUT2D eigenvalue weighted by Gasteiger charge is -2.05. The molecule has 0 saturated carbocycles. The fourth-order valence-corrected chi connectivity index (χ4v) is 2.80. The Hall–Kier alpha value is -1.96. The SMILES string of the molecule is CCC[N+]#Cc1ccc(NC(=O)CSc2cccc(Cl)c2)cc1. The molecule has 0 radical (unpaired) electrons. The maximum absolute atomic E-state index is 12.0. The van der Waals surface area contributed by atoms with Crippen LogP contribution in [0.5, 0.6) is 0 Å². The monoisotopic (exact) mass is 345 g/mol. The minimum absolute atomic E-state index is 0.0497. The first-order chi connectivity index (χ1) is 11.2. The van der Waals surface area contributed by atoms with E-state index in [9.17, 15) is 4.79 Å². The average molecular weight is 346 g/mol. The van der Waals surface area contributed by atoms with Crippen LogP contribution in [-0.4, -0.2) is 18.2 Å². The average Bonchev–Trinajstić information content (AvgIpc) is 2.55. The Bertz CT molecular complexity index is 720. The standard InChI is InChI=1S/C18H17ClN2OS/c1-2-10-20-12-14-6-8-16(9-7-14)21-18(22)13-23-17-5-3-4-15(19)11-17/h3-9,11H,2,10,13H2,1H3/p+1. The number of nitrogens with zero attached hydrogens (tertiary/aromatic N) is 1. The van der Waals surface area contributed by atoms with E-state index >= 15 is 0 Å². The van der Waals surface area contributed by atoms with Crippen LogP contribution < -0.4 is 5.32 Å². The number of nitrogens with one attached hydrogen (secondary N) is 1. The molecule has 118 valence electrons. The number of carbonyl (C=O) groups is 1. The number of rotatable bonds is 5. The summed E-state index contributed by atoms with van der Waals surface area (Å²) in [5.74, 6) is 0.290. The highest BCUT2D eigenvalue weighted by atomic mass is 35.5. The summed E-state index contributed by atoms with van der Waals surface area (Å²) in [5.41, 5.74) is 1.67. The molecule has 0 aromatic heterocycles. The van der Waals surface area contributed by atoms with Crippen molar-refractivity contribution in [2.45, 2.75) is 18.2 Å². The molecule has 23 heavy (non-hydrogen) atoms. The molecule has 0 bridgehead atoms. The molecule has 0 aliphatic heterocycles.